The number of amides is 2. The van der Waals surface area contributed by atoms with E-state index in [2.05, 4.69) is 5.32 Å². The highest BCUT2D eigenvalue weighted by Crippen LogP contribution is 2.27. The van der Waals surface area contributed by atoms with E-state index in [0.29, 0.717) is 25.1 Å². The number of halogens is 2. The molecule has 6 heteroatoms. The van der Waals surface area contributed by atoms with E-state index in [4.69, 9.17) is 0 Å². The minimum atomic E-state index is -0.973. The molecule has 0 radical (unpaired) electrons. The number of hydrogen-bond acceptors (Lipinski definition) is 2. The summed E-state index contributed by atoms with van der Waals surface area (Å²) in [6.45, 7) is 0.669. The lowest BCUT2D eigenvalue weighted by atomic mass is 10.1. The standard InChI is InChI=1S/C18H16F2N2O2/c19-14-6-5-12(9-15(14)20)10-17(23)21-7-8-22-16-4-2-1-3-13(16)11-18(22)24/h1-6,9H,7-8,10-11H2,(H,21,23). The first-order valence-corrected chi connectivity index (χ1v) is 7.63. The van der Waals surface area contributed by atoms with Crippen LogP contribution in [-0.4, -0.2) is 24.9 Å². The Morgan fingerprint density at radius 3 is 2.71 bits per heavy atom. The first-order valence-electron chi connectivity index (χ1n) is 7.63. The summed E-state index contributed by atoms with van der Waals surface area (Å²) in [5, 5.41) is 2.69. The molecule has 0 fully saturated rings. The summed E-state index contributed by atoms with van der Waals surface area (Å²) in [6.07, 6.45) is 0.334. The van der Waals surface area contributed by atoms with Crippen molar-refractivity contribution in [2.45, 2.75) is 12.8 Å². The molecule has 0 aromatic heterocycles. The molecular weight excluding hydrogens is 314 g/mol. The lowest BCUT2D eigenvalue weighted by Gasteiger charge is -2.17. The molecule has 2 amide bonds. The fourth-order valence-electron chi connectivity index (χ4n) is 2.77. The van der Waals surface area contributed by atoms with Crippen molar-refractivity contribution in [1.29, 1.82) is 0 Å². The maximum Gasteiger partial charge on any atom is 0.231 e. The third-order valence-electron chi connectivity index (χ3n) is 3.93. The van der Waals surface area contributed by atoms with Crippen LogP contribution < -0.4 is 10.2 Å². The molecule has 0 saturated carbocycles. The number of para-hydroxylation sites is 1. The van der Waals surface area contributed by atoms with E-state index in [0.717, 1.165) is 23.4 Å². The number of carbonyl (C=O) groups is 2. The largest absolute Gasteiger partial charge is 0.354 e. The van der Waals surface area contributed by atoms with Crippen molar-refractivity contribution >= 4 is 17.5 Å². The predicted molar refractivity (Wildman–Crippen MR) is 85.6 cm³/mol. The molecule has 0 saturated heterocycles. The summed E-state index contributed by atoms with van der Waals surface area (Å²) in [6, 6.07) is 10.9. The monoisotopic (exact) mass is 330 g/mol. The van der Waals surface area contributed by atoms with Crippen LogP contribution in [0.1, 0.15) is 11.1 Å². The van der Waals surface area contributed by atoms with Crippen molar-refractivity contribution in [2.75, 3.05) is 18.0 Å². The number of hydrogen-bond donors (Lipinski definition) is 1. The zero-order valence-electron chi connectivity index (χ0n) is 12.9. The second kappa shape index (κ2) is 6.78. The van der Waals surface area contributed by atoms with E-state index in [1.807, 2.05) is 24.3 Å². The van der Waals surface area contributed by atoms with E-state index in [1.165, 1.54) is 6.07 Å². The summed E-state index contributed by atoms with van der Waals surface area (Å²) in [5.41, 5.74) is 2.25. The quantitative estimate of drug-likeness (QED) is 0.914. The van der Waals surface area contributed by atoms with Gasteiger partial charge in [-0.1, -0.05) is 24.3 Å². The van der Waals surface area contributed by atoms with Crippen LogP contribution in [0.15, 0.2) is 42.5 Å². The zero-order valence-corrected chi connectivity index (χ0v) is 12.9. The number of benzene rings is 2. The summed E-state index contributed by atoms with van der Waals surface area (Å²) in [5.74, 6) is -2.21. The Morgan fingerprint density at radius 2 is 1.92 bits per heavy atom. The average molecular weight is 330 g/mol. The lowest BCUT2D eigenvalue weighted by molar-refractivity contribution is -0.121. The minimum Gasteiger partial charge on any atom is -0.354 e. The molecule has 0 bridgehead atoms. The number of anilines is 1. The zero-order chi connectivity index (χ0) is 17.1. The van der Waals surface area contributed by atoms with Gasteiger partial charge in [0, 0.05) is 18.8 Å². The van der Waals surface area contributed by atoms with E-state index in [9.17, 15) is 18.4 Å². The highest BCUT2D eigenvalue weighted by Gasteiger charge is 2.26. The van der Waals surface area contributed by atoms with E-state index in [1.54, 1.807) is 4.90 Å². The first kappa shape index (κ1) is 16.1. The summed E-state index contributed by atoms with van der Waals surface area (Å²) in [4.78, 5) is 25.5. The van der Waals surface area contributed by atoms with Gasteiger partial charge in [-0.25, -0.2) is 8.78 Å². The third kappa shape index (κ3) is 3.42. The lowest BCUT2D eigenvalue weighted by Crippen LogP contribution is -2.37. The summed E-state index contributed by atoms with van der Waals surface area (Å²) >= 11 is 0. The number of carbonyl (C=O) groups excluding carboxylic acids is 2. The van der Waals surface area contributed by atoms with Crippen LogP contribution in [0, 0.1) is 11.6 Å². The molecule has 1 aliphatic heterocycles. The van der Waals surface area contributed by atoms with Gasteiger partial charge in [0.25, 0.3) is 0 Å². The predicted octanol–water partition coefficient (Wildman–Crippen LogP) is 2.21. The molecule has 124 valence electrons. The highest BCUT2D eigenvalue weighted by atomic mass is 19.2. The first-order chi connectivity index (χ1) is 11.5. The van der Waals surface area contributed by atoms with Gasteiger partial charge in [-0.05, 0) is 29.3 Å². The molecule has 0 atom stereocenters. The van der Waals surface area contributed by atoms with Crippen LogP contribution in [0.2, 0.25) is 0 Å². The van der Waals surface area contributed by atoms with Crippen molar-refractivity contribution in [3.8, 4) is 0 Å². The van der Waals surface area contributed by atoms with Crippen molar-refractivity contribution in [3.05, 3.63) is 65.2 Å². The molecular formula is C18H16F2N2O2. The second-order valence-electron chi connectivity index (χ2n) is 5.63. The SMILES string of the molecule is O=C(Cc1ccc(F)c(F)c1)NCCN1C(=O)Cc2ccccc21. The number of nitrogens with one attached hydrogen (secondary N) is 1. The van der Waals surface area contributed by atoms with Gasteiger partial charge in [0.1, 0.15) is 0 Å². The van der Waals surface area contributed by atoms with Crippen LogP contribution in [-0.2, 0) is 22.4 Å². The van der Waals surface area contributed by atoms with Gasteiger partial charge >= 0.3 is 0 Å². The van der Waals surface area contributed by atoms with E-state index in [-0.39, 0.29) is 18.2 Å². The van der Waals surface area contributed by atoms with Gasteiger partial charge < -0.3 is 10.2 Å². The topological polar surface area (TPSA) is 49.4 Å². The molecule has 1 heterocycles. The van der Waals surface area contributed by atoms with Crippen LogP contribution in [0.3, 0.4) is 0 Å². The molecule has 3 rings (SSSR count). The van der Waals surface area contributed by atoms with Gasteiger partial charge in [0.05, 0.1) is 12.8 Å². The second-order valence-corrected chi connectivity index (χ2v) is 5.63. The van der Waals surface area contributed by atoms with Crippen LogP contribution in [0.4, 0.5) is 14.5 Å². The van der Waals surface area contributed by atoms with Crippen LogP contribution in [0.5, 0.6) is 0 Å². The normalized spacial score (nSPS) is 13.1. The number of nitrogens with zero attached hydrogens (tertiary/aromatic N) is 1. The molecule has 0 spiro atoms. The molecule has 2 aromatic rings. The molecule has 0 unspecified atom stereocenters. The Morgan fingerprint density at radius 1 is 1.12 bits per heavy atom. The van der Waals surface area contributed by atoms with Crippen molar-refractivity contribution in [2.24, 2.45) is 0 Å². The van der Waals surface area contributed by atoms with E-state index < -0.39 is 11.6 Å². The Kier molecular flexibility index (Phi) is 4.55. The molecule has 1 N–H and O–H groups in total. The summed E-state index contributed by atoms with van der Waals surface area (Å²) in [7, 11) is 0. The van der Waals surface area contributed by atoms with Crippen molar-refractivity contribution in [1.82, 2.24) is 5.32 Å². The maximum absolute atomic E-state index is 13.1. The Balaban J connectivity index is 1.52. The summed E-state index contributed by atoms with van der Waals surface area (Å²) < 4.78 is 26.0. The fourth-order valence-corrected chi connectivity index (χ4v) is 2.77. The molecule has 0 aliphatic carbocycles. The van der Waals surface area contributed by atoms with E-state index >= 15 is 0 Å². The average Bonchev–Trinajstić information content (AvgIpc) is 2.87. The molecule has 2 aromatic carbocycles. The van der Waals surface area contributed by atoms with Crippen LogP contribution in [0.25, 0.3) is 0 Å². The van der Waals surface area contributed by atoms with Gasteiger partial charge in [0.15, 0.2) is 11.6 Å². The number of rotatable bonds is 5. The third-order valence-corrected chi connectivity index (χ3v) is 3.93. The smallest absolute Gasteiger partial charge is 0.231 e. The van der Waals surface area contributed by atoms with Gasteiger partial charge in [-0.2, -0.15) is 0 Å². The van der Waals surface area contributed by atoms with Gasteiger partial charge in [-0.15, -0.1) is 0 Å². The molecule has 1 aliphatic rings. The Bertz CT molecular complexity index is 792. The van der Waals surface area contributed by atoms with Gasteiger partial charge in [0.2, 0.25) is 11.8 Å². The Hall–Kier alpha value is -2.76. The maximum atomic E-state index is 13.1. The van der Waals surface area contributed by atoms with Gasteiger partial charge in [-0.3, -0.25) is 9.59 Å². The van der Waals surface area contributed by atoms with Crippen molar-refractivity contribution < 1.29 is 18.4 Å². The minimum absolute atomic E-state index is 0.00561. The fraction of sp³-hybridized carbons (Fsp3) is 0.222. The Labute approximate surface area is 138 Å². The van der Waals surface area contributed by atoms with Crippen molar-refractivity contribution in [3.63, 3.8) is 0 Å². The van der Waals surface area contributed by atoms with Crippen LogP contribution >= 0.6 is 0 Å². The molecule has 24 heavy (non-hydrogen) atoms. The highest BCUT2D eigenvalue weighted by molar-refractivity contribution is 6.01. The number of fused-ring (bicyclic) bond motifs is 1. The molecule has 4 nitrogen and oxygen atoms in total.